The fraction of sp³-hybridized carbons (Fsp3) is 0.421. The van der Waals surface area contributed by atoms with Crippen molar-refractivity contribution < 1.29 is 14.7 Å². The van der Waals surface area contributed by atoms with E-state index in [2.05, 4.69) is 22.5 Å². The largest absolute Gasteiger partial charge is 0.481 e. The number of hydrogen-bond acceptors (Lipinski definition) is 4. The molecule has 1 atom stereocenters. The highest BCUT2D eigenvalue weighted by Gasteiger charge is 2.14. The van der Waals surface area contributed by atoms with Gasteiger partial charge in [-0.2, -0.15) is 0 Å². The van der Waals surface area contributed by atoms with Crippen molar-refractivity contribution >= 4 is 23.3 Å². The predicted molar refractivity (Wildman–Crippen MR) is 103 cm³/mol. The van der Waals surface area contributed by atoms with E-state index in [1.54, 1.807) is 11.3 Å². The standard InChI is InChI=1S/C19H25N3O3S/c1-2-17-21-16(13-26-17)10-11-20-19(25)22-15(8-9-18(23)24)12-14-6-4-3-5-7-14/h3-7,13,15H,2,8-12H2,1H3,(H,23,24)(H2,20,22,25). The van der Waals surface area contributed by atoms with Gasteiger partial charge in [0.05, 0.1) is 10.7 Å². The van der Waals surface area contributed by atoms with Crippen LogP contribution >= 0.6 is 11.3 Å². The van der Waals surface area contributed by atoms with Gasteiger partial charge in [-0.3, -0.25) is 4.79 Å². The van der Waals surface area contributed by atoms with Crippen molar-refractivity contribution in [3.05, 3.63) is 52.0 Å². The number of benzene rings is 1. The van der Waals surface area contributed by atoms with Crippen LogP contribution in [0.4, 0.5) is 4.79 Å². The number of hydrogen-bond donors (Lipinski definition) is 3. The number of urea groups is 1. The molecule has 2 amide bonds. The fourth-order valence-electron chi connectivity index (χ4n) is 2.59. The van der Waals surface area contributed by atoms with Crippen molar-refractivity contribution in [1.82, 2.24) is 15.6 Å². The molecule has 1 heterocycles. The van der Waals surface area contributed by atoms with Crippen molar-refractivity contribution in [2.45, 2.75) is 45.1 Å². The summed E-state index contributed by atoms with van der Waals surface area (Å²) in [7, 11) is 0. The second kappa shape index (κ2) is 10.6. The molecule has 7 heteroatoms. The van der Waals surface area contributed by atoms with Gasteiger partial charge in [0.1, 0.15) is 0 Å². The number of aliphatic carboxylic acids is 1. The Labute approximate surface area is 157 Å². The van der Waals surface area contributed by atoms with Crippen LogP contribution in [0.2, 0.25) is 0 Å². The summed E-state index contributed by atoms with van der Waals surface area (Å²) in [6.07, 6.45) is 2.62. The van der Waals surface area contributed by atoms with Crippen LogP contribution in [0, 0.1) is 0 Å². The molecule has 1 aromatic carbocycles. The Morgan fingerprint density at radius 2 is 2.04 bits per heavy atom. The second-order valence-electron chi connectivity index (χ2n) is 6.06. The highest BCUT2D eigenvalue weighted by molar-refractivity contribution is 7.09. The van der Waals surface area contributed by atoms with Crippen LogP contribution in [0.15, 0.2) is 35.7 Å². The van der Waals surface area contributed by atoms with Crippen molar-refractivity contribution in [2.75, 3.05) is 6.54 Å². The van der Waals surface area contributed by atoms with Crippen LogP contribution in [0.3, 0.4) is 0 Å². The van der Waals surface area contributed by atoms with Crippen LogP contribution < -0.4 is 10.6 Å². The van der Waals surface area contributed by atoms with E-state index in [4.69, 9.17) is 5.11 Å². The summed E-state index contributed by atoms with van der Waals surface area (Å²) in [5.74, 6) is -0.861. The van der Waals surface area contributed by atoms with Crippen LogP contribution in [-0.4, -0.2) is 34.7 Å². The van der Waals surface area contributed by atoms with Crippen molar-refractivity contribution in [2.24, 2.45) is 0 Å². The lowest BCUT2D eigenvalue weighted by atomic mass is 10.0. The predicted octanol–water partition coefficient (Wildman–Crippen LogP) is 3.02. The molecule has 0 saturated carbocycles. The molecule has 3 N–H and O–H groups in total. The molecule has 0 saturated heterocycles. The third-order valence-electron chi connectivity index (χ3n) is 3.94. The van der Waals surface area contributed by atoms with E-state index in [9.17, 15) is 9.59 Å². The van der Waals surface area contributed by atoms with Gasteiger partial charge in [-0.15, -0.1) is 11.3 Å². The lowest BCUT2D eigenvalue weighted by Gasteiger charge is -2.18. The molecule has 0 spiro atoms. The fourth-order valence-corrected chi connectivity index (χ4v) is 3.37. The quantitative estimate of drug-likeness (QED) is 0.595. The van der Waals surface area contributed by atoms with E-state index < -0.39 is 5.97 Å². The Balaban J connectivity index is 1.81. The zero-order valence-electron chi connectivity index (χ0n) is 14.9. The minimum atomic E-state index is -0.861. The average molecular weight is 375 g/mol. The molecule has 0 bridgehead atoms. The maximum atomic E-state index is 12.2. The third-order valence-corrected chi connectivity index (χ3v) is 4.98. The molecule has 0 fully saturated rings. The number of aromatic nitrogens is 1. The van der Waals surface area contributed by atoms with Crippen molar-refractivity contribution in [3.63, 3.8) is 0 Å². The highest BCUT2D eigenvalue weighted by atomic mass is 32.1. The van der Waals surface area contributed by atoms with Gasteiger partial charge >= 0.3 is 12.0 Å². The van der Waals surface area contributed by atoms with E-state index in [0.29, 0.717) is 25.8 Å². The molecule has 26 heavy (non-hydrogen) atoms. The Morgan fingerprint density at radius 1 is 1.27 bits per heavy atom. The number of carbonyl (C=O) groups excluding carboxylic acids is 1. The maximum Gasteiger partial charge on any atom is 0.315 e. The number of rotatable bonds is 10. The van der Waals surface area contributed by atoms with Gasteiger partial charge in [0, 0.05) is 30.8 Å². The normalized spacial score (nSPS) is 11.7. The first-order valence-electron chi connectivity index (χ1n) is 8.80. The number of amides is 2. The van der Waals surface area contributed by atoms with Gasteiger partial charge < -0.3 is 15.7 Å². The van der Waals surface area contributed by atoms with E-state index in [1.165, 1.54) is 0 Å². The van der Waals surface area contributed by atoms with Gasteiger partial charge in [0.25, 0.3) is 0 Å². The van der Waals surface area contributed by atoms with Crippen molar-refractivity contribution in [3.8, 4) is 0 Å². The molecular formula is C19H25N3O3S. The molecule has 0 aliphatic rings. The molecule has 2 aromatic rings. The number of nitrogens with one attached hydrogen (secondary N) is 2. The van der Waals surface area contributed by atoms with Crippen LogP contribution in [-0.2, 0) is 24.1 Å². The van der Waals surface area contributed by atoms with Crippen molar-refractivity contribution in [1.29, 1.82) is 0 Å². The molecule has 140 valence electrons. The van der Waals surface area contributed by atoms with E-state index in [0.717, 1.165) is 22.7 Å². The first kappa shape index (κ1) is 19.9. The van der Waals surface area contributed by atoms with Gasteiger partial charge in [-0.25, -0.2) is 9.78 Å². The van der Waals surface area contributed by atoms with Gasteiger partial charge in [0.2, 0.25) is 0 Å². The molecule has 0 aliphatic heterocycles. The first-order chi connectivity index (χ1) is 12.6. The number of carbonyl (C=O) groups is 2. The molecule has 2 rings (SSSR count). The first-order valence-corrected chi connectivity index (χ1v) is 9.68. The Morgan fingerprint density at radius 3 is 2.69 bits per heavy atom. The van der Waals surface area contributed by atoms with Crippen LogP contribution in [0.1, 0.15) is 36.0 Å². The van der Waals surface area contributed by atoms with Gasteiger partial charge in [0.15, 0.2) is 0 Å². The molecular weight excluding hydrogens is 350 g/mol. The number of carboxylic acids is 1. The number of aryl methyl sites for hydroxylation is 1. The monoisotopic (exact) mass is 375 g/mol. The SMILES string of the molecule is CCc1nc(CCNC(=O)NC(CCC(=O)O)Cc2ccccc2)cs1. The van der Waals surface area contributed by atoms with E-state index in [1.807, 2.05) is 35.7 Å². The van der Waals surface area contributed by atoms with Gasteiger partial charge in [-0.1, -0.05) is 37.3 Å². The Bertz CT molecular complexity index is 703. The zero-order chi connectivity index (χ0) is 18.8. The molecule has 0 radical (unpaired) electrons. The van der Waals surface area contributed by atoms with Crippen LogP contribution in [0.5, 0.6) is 0 Å². The summed E-state index contributed by atoms with van der Waals surface area (Å²) < 4.78 is 0. The lowest BCUT2D eigenvalue weighted by Crippen LogP contribution is -2.44. The lowest BCUT2D eigenvalue weighted by molar-refractivity contribution is -0.137. The summed E-state index contributed by atoms with van der Waals surface area (Å²) in [4.78, 5) is 27.5. The molecule has 6 nitrogen and oxygen atoms in total. The molecule has 1 aromatic heterocycles. The zero-order valence-corrected chi connectivity index (χ0v) is 15.7. The van der Waals surface area contributed by atoms with E-state index in [-0.39, 0.29) is 18.5 Å². The Kier molecular flexibility index (Phi) is 8.08. The number of thiazole rings is 1. The number of nitrogens with zero attached hydrogens (tertiary/aromatic N) is 1. The Hall–Kier alpha value is -2.41. The summed E-state index contributed by atoms with van der Waals surface area (Å²) in [6.45, 7) is 2.56. The maximum absolute atomic E-state index is 12.2. The van der Waals surface area contributed by atoms with E-state index >= 15 is 0 Å². The minimum Gasteiger partial charge on any atom is -0.481 e. The third kappa shape index (κ3) is 7.23. The summed E-state index contributed by atoms with van der Waals surface area (Å²) in [6, 6.07) is 9.24. The molecule has 0 aliphatic carbocycles. The average Bonchev–Trinajstić information content (AvgIpc) is 3.08. The highest BCUT2D eigenvalue weighted by Crippen LogP contribution is 2.10. The summed E-state index contributed by atoms with van der Waals surface area (Å²) >= 11 is 1.63. The number of carboxylic acid groups (broad SMARTS) is 1. The summed E-state index contributed by atoms with van der Waals surface area (Å²) in [5, 5.41) is 17.8. The topological polar surface area (TPSA) is 91.3 Å². The smallest absolute Gasteiger partial charge is 0.315 e. The summed E-state index contributed by atoms with van der Waals surface area (Å²) in [5.41, 5.74) is 2.05. The molecule has 1 unspecified atom stereocenters. The minimum absolute atomic E-state index is 0.0242. The van der Waals surface area contributed by atoms with Gasteiger partial charge in [-0.05, 0) is 24.8 Å². The second-order valence-corrected chi connectivity index (χ2v) is 7.00. The van der Waals surface area contributed by atoms with Crippen LogP contribution in [0.25, 0.3) is 0 Å².